The molecule has 2 aromatic rings. The van der Waals surface area contributed by atoms with Crippen LogP contribution < -0.4 is 10.2 Å². The van der Waals surface area contributed by atoms with E-state index in [-0.39, 0.29) is 30.6 Å². The van der Waals surface area contributed by atoms with E-state index in [1.807, 2.05) is 48.6 Å². The van der Waals surface area contributed by atoms with Crippen molar-refractivity contribution in [3.05, 3.63) is 89.0 Å². The van der Waals surface area contributed by atoms with Crippen molar-refractivity contribution in [3.8, 4) is 6.07 Å². The smallest absolute Gasteiger partial charge is 0.310 e. The molecule has 1 heterocycles. The van der Waals surface area contributed by atoms with Crippen molar-refractivity contribution in [2.24, 2.45) is 17.8 Å². The van der Waals surface area contributed by atoms with Crippen LogP contribution in [0.25, 0.3) is 0 Å². The van der Waals surface area contributed by atoms with Crippen molar-refractivity contribution in [3.63, 3.8) is 0 Å². The van der Waals surface area contributed by atoms with Crippen molar-refractivity contribution in [1.82, 2.24) is 5.32 Å². The zero-order valence-electron chi connectivity index (χ0n) is 21.3. The molecule has 4 atom stereocenters. The number of ether oxygens (including phenoxy) is 1. The average molecular weight is 498 g/mol. The van der Waals surface area contributed by atoms with E-state index in [0.29, 0.717) is 24.0 Å². The van der Waals surface area contributed by atoms with Crippen LogP contribution in [0, 0.1) is 29.1 Å². The second-order valence-electron chi connectivity index (χ2n) is 10.4. The number of carbonyl (C=O) groups is 1. The van der Waals surface area contributed by atoms with E-state index in [1.165, 1.54) is 5.56 Å². The van der Waals surface area contributed by atoms with Gasteiger partial charge in [0, 0.05) is 19.1 Å². The molecule has 2 N–H and O–H groups in total. The summed E-state index contributed by atoms with van der Waals surface area (Å²) in [5, 5.41) is 23.3. The molecule has 1 saturated carbocycles. The van der Waals surface area contributed by atoms with E-state index >= 15 is 0 Å². The number of hydrogen-bond acceptors (Lipinski definition) is 6. The number of anilines is 1. The molecule has 6 heteroatoms. The number of hydrogen-bond donors (Lipinski definition) is 2. The van der Waals surface area contributed by atoms with Gasteiger partial charge in [-0.25, -0.2) is 0 Å². The first-order chi connectivity index (χ1) is 18.1. The molecule has 1 aliphatic heterocycles. The van der Waals surface area contributed by atoms with Gasteiger partial charge in [-0.1, -0.05) is 60.7 Å². The van der Waals surface area contributed by atoms with Crippen LogP contribution in [0.3, 0.4) is 0 Å². The number of carbonyl (C=O) groups excluding carboxylic acids is 1. The van der Waals surface area contributed by atoms with Gasteiger partial charge in [0.1, 0.15) is 6.07 Å². The molecule has 6 nitrogen and oxygen atoms in total. The first-order valence-electron chi connectivity index (χ1n) is 13.3. The Kier molecular flexibility index (Phi) is 7.73. The minimum Gasteiger partial charge on any atom is -0.465 e. The highest BCUT2D eigenvalue weighted by Gasteiger charge is 2.53. The van der Waals surface area contributed by atoms with Gasteiger partial charge in [0.2, 0.25) is 0 Å². The molecule has 192 valence electrons. The SMILES string of the molecule is CC(Cc1cc(C#N)c2c(c1)CCN2CCCOC(=O)C1C2C=CC=CC21)N[C@H](CO)c1ccccc1. The first-order valence-corrected chi connectivity index (χ1v) is 13.3. The van der Waals surface area contributed by atoms with Gasteiger partial charge in [-0.2, -0.15) is 5.26 Å². The molecule has 0 aromatic heterocycles. The lowest BCUT2D eigenvalue weighted by molar-refractivity contribution is -0.145. The molecule has 0 amide bonds. The number of nitrogens with zero attached hydrogens (tertiary/aromatic N) is 2. The monoisotopic (exact) mass is 497 g/mol. The summed E-state index contributed by atoms with van der Waals surface area (Å²) in [4.78, 5) is 14.6. The molecule has 37 heavy (non-hydrogen) atoms. The first kappa shape index (κ1) is 25.3. The summed E-state index contributed by atoms with van der Waals surface area (Å²) in [7, 11) is 0. The van der Waals surface area contributed by atoms with Crippen LogP contribution in [-0.2, 0) is 22.4 Å². The van der Waals surface area contributed by atoms with Crippen molar-refractivity contribution in [1.29, 1.82) is 5.26 Å². The number of esters is 1. The maximum absolute atomic E-state index is 12.4. The van der Waals surface area contributed by atoms with Crippen molar-refractivity contribution >= 4 is 11.7 Å². The minimum absolute atomic E-state index is 0.0108. The molecule has 0 bridgehead atoms. The Hall–Kier alpha value is -3.40. The summed E-state index contributed by atoms with van der Waals surface area (Å²) in [6.07, 6.45) is 10.6. The van der Waals surface area contributed by atoms with E-state index < -0.39 is 0 Å². The van der Waals surface area contributed by atoms with Gasteiger partial charge < -0.3 is 20.1 Å². The van der Waals surface area contributed by atoms with Gasteiger partial charge in [0.25, 0.3) is 0 Å². The van der Waals surface area contributed by atoms with Crippen LogP contribution in [0.2, 0.25) is 0 Å². The molecule has 1 fully saturated rings. The Morgan fingerprint density at radius 3 is 2.68 bits per heavy atom. The summed E-state index contributed by atoms with van der Waals surface area (Å²) in [5.41, 5.74) is 5.13. The van der Waals surface area contributed by atoms with Crippen LogP contribution in [-0.4, -0.2) is 43.4 Å². The van der Waals surface area contributed by atoms with Gasteiger partial charge in [0.05, 0.1) is 36.4 Å². The van der Waals surface area contributed by atoms with E-state index in [1.54, 1.807) is 0 Å². The molecule has 2 aliphatic carbocycles. The van der Waals surface area contributed by atoms with E-state index in [9.17, 15) is 15.2 Å². The molecule has 0 saturated heterocycles. The van der Waals surface area contributed by atoms with Gasteiger partial charge in [-0.3, -0.25) is 4.79 Å². The highest BCUT2D eigenvalue weighted by atomic mass is 16.5. The zero-order chi connectivity index (χ0) is 25.8. The Morgan fingerprint density at radius 2 is 1.97 bits per heavy atom. The Bertz CT molecular complexity index is 1200. The largest absolute Gasteiger partial charge is 0.465 e. The number of aliphatic hydroxyl groups is 1. The lowest BCUT2D eigenvalue weighted by atomic mass is 9.98. The lowest BCUT2D eigenvalue weighted by Gasteiger charge is -2.23. The maximum atomic E-state index is 12.4. The zero-order valence-corrected chi connectivity index (χ0v) is 21.3. The summed E-state index contributed by atoms with van der Waals surface area (Å²) in [5.74, 6) is 0.541. The number of allylic oxidation sites excluding steroid dienone is 4. The van der Waals surface area contributed by atoms with E-state index in [4.69, 9.17) is 4.74 Å². The molecule has 0 spiro atoms. The molecule has 3 aliphatic rings. The fourth-order valence-corrected chi connectivity index (χ4v) is 5.89. The molecule has 3 unspecified atom stereocenters. The Morgan fingerprint density at radius 1 is 1.22 bits per heavy atom. The van der Waals surface area contributed by atoms with Crippen LogP contribution in [0.15, 0.2) is 66.8 Å². The normalized spacial score (nSPS) is 22.6. The molecular weight excluding hydrogens is 462 g/mol. The highest BCUT2D eigenvalue weighted by molar-refractivity contribution is 5.78. The van der Waals surface area contributed by atoms with E-state index in [0.717, 1.165) is 49.2 Å². The number of nitrogens with one attached hydrogen (secondary N) is 1. The summed E-state index contributed by atoms with van der Waals surface area (Å²) in [6, 6.07) is 16.6. The number of rotatable bonds is 11. The number of benzene rings is 2. The van der Waals surface area contributed by atoms with Crippen LogP contribution in [0.5, 0.6) is 0 Å². The number of nitriles is 1. The average Bonchev–Trinajstić information content (AvgIpc) is 3.53. The minimum atomic E-state index is -0.123. The lowest BCUT2D eigenvalue weighted by Crippen LogP contribution is -2.34. The molecule has 2 aromatic carbocycles. The van der Waals surface area contributed by atoms with Crippen molar-refractivity contribution < 1.29 is 14.6 Å². The maximum Gasteiger partial charge on any atom is 0.310 e. The van der Waals surface area contributed by atoms with E-state index in [2.05, 4.69) is 41.4 Å². The van der Waals surface area contributed by atoms with Crippen molar-refractivity contribution in [2.75, 3.05) is 31.2 Å². The molecule has 5 rings (SSSR count). The Balaban J connectivity index is 1.14. The second kappa shape index (κ2) is 11.3. The second-order valence-corrected chi connectivity index (χ2v) is 10.4. The summed E-state index contributed by atoms with van der Waals surface area (Å²) < 4.78 is 5.57. The molecule has 0 radical (unpaired) electrons. The van der Waals surface area contributed by atoms with Crippen LogP contribution in [0.4, 0.5) is 5.69 Å². The van der Waals surface area contributed by atoms with Gasteiger partial charge in [0.15, 0.2) is 0 Å². The third-order valence-electron chi connectivity index (χ3n) is 7.75. The van der Waals surface area contributed by atoms with Crippen LogP contribution >= 0.6 is 0 Å². The van der Waals surface area contributed by atoms with Crippen molar-refractivity contribution in [2.45, 2.75) is 38.3 Å². The number of aliphatic hydroxyl groups excluding tert-OH is 1. The standard InChI is InChI=1S/C31H35N3O3/c1-21(33-28(20-35)23-8-3-2-4-9-23)16-22-17-24-12-14-34(30(24)25(18-22)19-32)13-7-15-37-31(36)29-26-10-5-6-11-27(26)29/h2-6,8-11,17-18,21,26-29,33,35H,7,12-16,20H2,1H3/t21?,26?,27?,28-,29?/m1/s1. The third kappa shape index (κ3) is 5.64. The summed E-state index contributed by atoms with van der Waals surface area (Å²) >= 11 is 0. The topological polar surface area (TPSA) is 85.6 Å². The fourth-order valence-electron chi connectivity index (χ4n) is 5.89. The summed E-state index contributed by atoms with van der Waals surface area (Å²) in [6.45, 7) is 4.19. The Labute approximate surface area is 219 Å². The third-order valence-corrected chi connectivity index (χ3v) is 7.75. The quantitative estimate of drug-likeness (QED) is 0.359. The predicted octanol–water partition coefficient (Wildman–Crippen LogP) is 4.10. The highest BCUT2D eigenvalue weighted by Crippen LogP contribution is 2.50. The fraction of sp³-hybridized carbons (Fsp3) is 0.419. The van der Waals surface area contributed by atoms with Gasteiger partial charge in [-0.15, -0.1) is 0 Å². The van der Waals surface area contributed by atoms with Gasteiger partial charge >= 0.3 is 5.97 Å². The predicted molar refractivity (Wildman–Crippen MR) is 144 cm³/mol. The van der Waals surface area contributed by atoms with Crippen LogP contribution in [0.1, 0.15) is 41.6 Å². The molecular formula is C31H35N3O3. The van der Waals surface area contributed by atoms with Gasteiger partial charge in [-0.05, 0) is 60.8 Å². The number of fused-ring (bicyclic) bond motifs is 2.